The summed E-state index contributed by atoms with van der Waals surface area (Å²) < 4.78 is 0. The van der Waals surface area contributed by atoms with Crippen LogP contribution in [0.5, 0.6) is 0 Å². The lowest BCUT2D eigenvalue weighted by molar-refractivity contribution is 0.584. The monoisotopic (exact) mass is 214 g/mol. The van der Waals surface area contributed by atoms with E-state index >= 15 is 0 Å². The van der Waals surface area contributed by atoms with Crippen LogP contribution in [0.2, 0.25) is 23.7 Å². The lowest BCUT2D eigenvalue weighted by atomic mass is 10.1. The summed E-state index contributed by atoms with van der Waals surface area (Å²) in [6.45, 7) is 7.30. The third kappa shape index (κ3) is 2.85. The molecule has 0 aromatic heterocycles. The first-order valence-corrected chi connectivity index (χ1v) is 8.49. The second-order valence-electron chi connectivity index (χ2n) is 4.42. The highest BCUT2D eigenvalue weighted by Gasteiger charge is 2.38. The minimum atomic E-state index is -0.760. The SMILES string of the molecule is CCC1CCCC[Si]1(CC)CC.[AlH3]. The zero-order valence-electron chi connectivity index (χ0n) is 9.03. The number of hydrogen-bond donors (Lipinski definition) is 0. The molecule has 0 saturated carbocycles. The van der Waals surface area contributed by atoms with Crippen LogP contribution >= 0.6 is 0 Å². The van der Waals surface area contributed by atoms with E-state index < -0.39 is 8.07 Å². The third-order valence-electron chi connectivity index (χ3n) is 4.24. The zero-order valence-corrected chi connectivity index (χ0v) is 10.0. The fourth-order valence-electron chi connectivity index (χ4n) is 3.20. The van der Waals surface area contributed by atoms with Crippen molar-refractivity contribution in [2.75, 3.05) is 0 Å². The zero-order chi connectivity index (χ0) is 9.03. The molecule has 1 aliphatic heterocycles. The van der Waals surface area contributed by atoms with Crippen LogP contribution in [0.25, 0.3) is 0 Å². The molecule has 1 heterocycles. The maximum atomic E-state index is 2.45. The molecule has 0 nitrogen and oxygen atoms in total. The molecular weight excluding hydrogens is 187 g/mol. The Morgan fingerprint density at radius 2 is 1.69 bits per heavy atom. The summed E-state index contributed by atoms with van der Waals surface area (Å²) in [5, 5.41) is 0. The van der Waals surface area contributed by atoms with Gasteiger partial charge in [-0.3, -0.25) is 0 Å². The van der Waals surface area contributed by atoms with E-state index in [-0.39, 0.29) is 17.4 Å². The summed E-state index contributed by atoms with van der Waals surface area (Å²) >= 11 is 0. The van der Waals surface area contributed by atoms with Crippen LogP contribution in [0.1, 0.15) is 46.5 Å². The molecule has 0 bridgehead atoms. The van der Waals surface area contributed by atoms with Gasteiger partial charge < -0.3 is 0 Å². The van der Waals surface area contributed by atoms with E-state index in [0.717, 1.165) is 0 Å². The quantitative estimate of drug-likeness (QED) is 0.633. The smallest absolute Gasteiger partial charge is 0.0678 e. The van der Waals surface area contributed by atoms with E-state index in [4.69, 9.17) is 0 Å². The fraction of sp³-hybridized carbons (Fsp3) is 1.00. The van der Waals surface area contributed by atoms with Gasteiger partial charge in [0.15, 0.2) is 17.4 Å². The van der Waals surface area contributed by atoms with Crippen molar-refractivity contribution in [1.82, 2.24) is 0 Å². The standard InChI is InChI=1S/C11H24Si.Al.3H/c1-4-11-9-7-8-10-12(11,5-2)6-3;;;;/h11H,4-10H2,1-3H3;;;;. The maximum absolute atomic E-state index is 2.45. The Morgan fingerprint density at radius 1 is 1.08 bits per heavy atom. The molecule has 0 amide bonds. The molecule has 0 aromatic rings. The van der Waals surface area contributed by atoms with Crippen molar-refractivity contribution in [3.63, 3.8) is 0 Å². The first-order valence-electron chi connectivity index (χ1n) is 5.79. The van der Waals surface area contributed by atoms with E-state index in [1.54, 1.807) is 31.0 Å². The van der Waals surface area contributed by atoms with Gasteiger partial charge in [0.05, 0.1) is 8.07 Å². The van der Waals surface area contributed by atoms with Gasteiger partial charge in [0.2, 0.25) is 0 Å². The van der Waals surface area contributed by atoms with Crippen molar-refractivity contribution in [1.29, 1.82) is 0 Å². The van der Waals surface area contributed by atoms with Crippen molar-refractivity contribution in [3.05, 3.63) is 0 Å². The van der Waals surface area contributed by atoms with Gasteiger partial charge >= 0.3 is 0 Å². The van der Waals surface area contributed by atoms with E-state index in [1.165, 1.54) is 18.4 Å². The highest BCUT2D eigenvalue weighted by atomic mass is 28.3. The lowest BCUT2D eigenvalue weighted by Gasteiger charge is -2.41. The van der Waals surface area contributed by atoms with E-state index in [9.17, 15) is 0 Å². The van der Waals surface area contributed by atoms with Crippen LogP contribution < -0.4 is 0 Å². The van der Waals surface area contributed by atoms with Crippen LogP contribution in [0.15, 0.2) is 0 Å². The maximum Gasteiger partial charge on any atom is 0.187 e. The molecule has 0 aliphatic carbocycles. The van der Waals surface area contributed by atoms with Crippen LogP contribution in [0.3, 0.4) is 0 Å². The van der Waals surface area contributed by atoms with E-state index in [1.807, 2.05) is 0 Å². The summed E-state index contributed by atoms with van der Waals surface area (Å²) in [5.41, 5.74) is 1.17. The normalized spacial score (nSPS) is 26.5. The Labute approximate surface area is 95.6 Å². The molecule has 78 valence electrons. The molecule has 1 atom stereocenters. The summed E-state index contributed by atoms with van der Waals surface area (Å²) in [5.74, 6) is 0. The van der Waals surface area contributed by atoms with Gasteiger partial charge in [-0.2, -0.15) is 0 Å². The minimum Gasteiger partial charge on any atom is -0.0678 e. The molecule has 1 saturated heterocycles. The average molecular weight is 214 g/mol. The molecule has 1 fully saturated rings. The average Bonchev–Trinajstić information content (AvgIpc) is 2.17. The van der Waals surface area contributed by atoms with Crippen molar-refractivity contribution < 1.29 is 0 Å². The molecule has 1 rings (SSSR count). The molecule has 1 unspecified atom stereocenters. The Kier molecular flexibility index (Phi) is 6.64. The Hall–Kier alpha value is 0.749. The van der Waals surface area contributed by atoms with Crippen LogP contribution in [0.4, 0.5) is 0 Å². The number of hydrogen-bond acceptors (Lipinski definition) is 0. The molecule has 0 spiro atoms. The second-order valence-corrected chi connectivity index (χ2v) is 9.88. The Bertz CT molecular complexity index is 132. The lowest BCUT2D eigenvalue weighted by Crippen LogP contribution is -2.40. The van der Waals surface area contributed by atoms with Crippen molar-refractivity contribution >= 4 is 25.4 Å². The van der Waals surface area contributed by atoms with Crippen molar-refractivity contribution in [2.45, 2.75) is 70.1 Å². The van der Waals surface area contributed by atoms with Gasteiger partial charge in [0, 0.05) is 0 Å². The largest absolute Gasteiger partial charge is 0.187 e. The van der Waals surface area contributed by atoms with E-state index in [2.05, 4.69) is 20.8 Å². The van der Waals surface area contributed by atoms with Gasteiger partial charge in [-0.1, -0.05) is 64.6 Å². The summed E-state index contributed by atoms with van der Waals surface area (Å²) in [6, 6.07) is 4.72. The minimum absolute atomic E-state index is 0. The molecule has 0 N–H and O–H groups in total. The van der Waals surface area contributed by atoms with Crippen LogP contribution in [-0.4, -0.2) is 25.4 Å². The number of rotatable bonds is 3. The Morgan fingerprint density at radius 3 is 2.08 bits per heavy atom. The van der Waals surface area contributed by atoms with Gasteiger partial charge in [0.25, 0.3) is 0 Å². The molecule has 13 heavy (non-hydrogen) atoms. The van der Waals surface area contributed by atoms with E-state index in [0.29, 0.717) is 0 Å². The Balaban J connectivity index is 0.00000144. The van der Waals surface area contributed by atoms with Gasteiger partial charge in [-0.05, 0) is 5.54 Å². The highest BCUT2D eigenvalue weighted by molar-refractivity contribution is 6.81. The van der Waals surface area contributed by atoms with Crippen LogP contribution in [-0.2, 0) is 0 Å². The van der Waals surface area contributed by atoms with Crippen molar-refractivity contribution in [3.8, 4) is 0 Å². The first-order chi connectivity index (χ1) is 5.79. The topological polar surface area (TPSA) is 0 Å². The first kappa shape index (κ1) is 13.7. The third-order valence-corrected chi connectivity index (χ3v) is 10.8. The highest BCUT2D eigenvalue weighted by Crippen LogP contribution is 2.44. The predicted molar refractivity (Wildman–Crippen MR) is 69.4 cm³/mol. The molecule has 2 heteroatoms. The summed E-state index contributed by atoms with van der Waals surface area (Å²) in [7, 11) is -0.760. The van der Waals surface area contributed by atoms with Gasteiger partial charge in [-0.15, -0.1) is 0 Å². The molecular formula is C11H27AlSi. The summed E-state index contributed by atoms with van der Waals surface area (Å²) in [4.78, 5) is 0. The van der Waals surface area contributed by atoms with Crippen LogP contribution in [0, 0.1) is 0 Å². The van der Waals surface area contributed by atoms with Gasteiger partial charge in [0.1, 0.15) is 0 Å². The fourth-order valence-corrected chi connectivity index (χ4v) is 8.60. The molecule has 0 aromatic carbocycles. The summed E-state index contributed by atoms with van der Waals surface area (Å²) in [6.07, 6.45) is 6.09. The van der Waals surface area contributed by atoms with Crippen molar-refractivity contribution in [2.24, 2.45) is 0 Å². The second kappa shape index (κ2) is 6.27. The van der Waals surface area contributed by atoms with Gasteiger partial charge in [-0.25, -0.2) is 0 Å². The predicted octanol–water partition coefficient (Wildman–Crippen LogP) is 3.26. The molecule has 0 radical (unpaired) electrons. The molecule has 1 aliphatic rings.